The van der Waals surface area contributed by atoms with Crippen LogP contribution in [0.3, 0.4) is 0 Å². The quantitative estimate of drug-likeness (QED) is 0.293. The summed E-state index contributed by atoms with van der Waals surface area (Å²) < 4.78 is 6.61. The van der Waals surface area contributed by atoms with E-state index >= 15 is 0 Å². The molecule has 0 aliphatic carbocycles. The number of anilines is 2. The van der Waals surface area contributed by atoms with Crippen LogP contribution in [-0.2, 0) is 14.4 Å². The lowest BCUT2D eigenvalue weighted by atomic mass is 9.83. The predicted molar refractivity (Wildman–Crippen MR) is 154 cm³/mol. The number of ether oxygens (including phenoxy) is 1. The van der Waals surface area contributed by atoms with E-state index in [4.69, 9.17) is 4.74 Å². The number of imide groups is 1. The first-order valence-electron chi connectivity index (χ1n) is 12.0. The lowest BCUT2D eigenvalue weighted by molar-refractivity contribution is -0.122. The monoisotopic (exact) mass is 621 g/mol. The van der Waals surface area contributed by atoms with Crippen molar-refractivity contribution in [2.24, 2.45) is 5.92 Å². The largest absolute Gasteiger partial charge is 0.484 e. The fraction of sp³-hybridized carbons (Fsp3) is 0.143. The third-order valence-corrected chi connectivity index (χ3v) is 9.48. The molecule has 0 radical (unpaired) electrons. The van der Waals surface area contributed by atoms with E-state index in [1.54, 1.807) is 54.6 Å². The minimum Gasteiger partial charge on any atom is -0.484 e. The van der Waals surface area contributed by atoms with Crippen LogP contribution in [0, 0.1) is 5.92 Å². The molecule has 11 heteroatoms. The summed E-state index contributed by atoms with van der Waals surface area (Å²) in [6, 6.07) is 23.2. The number of halogens is 1. The minimum atomic E-state index is -0.707. The van der Waals surface area contributed by atoms with Gasteiger partial charge in [0.05, 0.1) is 16.6 Å². The number of rotatable bonds is 6. The fourth-order valence-corrected chi connectivity index (χ4v) is 7.67. The molecule has 196 valence electrons. The molecular formula is C28H20BrN3O5S2. The summed E-state index contributed by atoms with van der Waals surface area (Å²) in [5.74, 6) is -1.74. The van der Waals surface area contributed by atoms with Gasteiger partial charge in [0, 0.05) is 21.0 Å². The van der Waals surface area contributed by atoms with E-state index in [0.717, 1.165) is 21.4 Å². The van der Waals surface area contributed by atoms with Gasteiger partial charge in [-0.2, -0.15) is 0 Å². The molecule has 1 aromatic heterocycles. The molecule has 8 nitrogen and oxygen atoms in total. The predicted octanol–water partition coefficient (Wildman–Crippen LogP) is 5.01. The molecule has 39 heavy (non-hydrogen) atoms. The first kappa shape index (κ1) is 25.6. The van der Waals surface area contributed by atoms with E-state index in [9.17, 15) is 19.2 Å². The van der Waals surface area contributed by atoms with Gasteiger partial charge in [0.2, 0.25) is 11.8 Å². The summed E-state index contributed by atoms with van der Waals surface area (Å²) in [6.07, 6.45) is 0. The minimum absolute atomic E-state index is 0.206. The molecular weight excluding hydrogens is 602 g/mol. The molecule has 3 amide bonds. The third kappa shape index (κ3) is 4.93. The maximum absolute atomic E-state index is 13.8. The standard InChI is InChI=1S/C28H20BrN3O5S2/c29-16-9-11-18(12-10-16)32-26(34)22-21(23-25(31-28(36)39-23)38-24(22)27(32)35)15-5-4-8-19(13-15)37-14-20(33)30-17-6-2-1-3-7-17/h1-13,21-22,24H,14H2,(H,30,33)(H,31,36). The maximum atomic E-state index is 13.8. The van der Waals surface area contributed by atoms with Gasteiger partial charge in [-0.3, -0.25) is 19.2 Å². The number of thioether (sulfide) groups is 1. The summed E-state index contributed by atoms with van der Waals surface area (Å²) in [7, 11) is 0. The molecule has 0 spiro atoms. The molecule has 4 aromatic rings. The summed E-state index contributed by atoms with van der Waals surface area (Å²) in [5.41, 5.74) is 1.89. The third-order valence-electron chi connectivity index (χ3n) is 6.55. The van der Waals surface area contributed by atoms with E-state index in [2.05, 4.69) is 26.2 Å². The summed E-state index contributed by atoms with van der Waals surface area (Å²) in [5, 5.41) is 2.69. The second kappa shape index (κ2) is 10.5. The maximum Gasteiger partial charge on any atom is 0.305 e. The Morgan fingerprint density at radius 2 is 1.74 bits per heavy atom. The zero-order chi connectivity index (χ0) is 27.1. The highest BCUT2D eigenvalue weighted by atomic mass is 79.9. The van der Waals surface area contributed by atoms with Crippen molar-refractivity contribution < 1.29 is 19.1 Å². The zero-order valence-electron chi connectivity index (χ0n) is 20.1. The number of amides is 3. The Labute approximate surface area is 239 Å². The van der Waals surface area contributed by atoms with Crippen LogP contribution in [0.4, 0.5) is 11.4 Å². The molecule has 0 saturated carbocycles. The Kier molecular flexibility index (Phi) is 6.88. The van der Waals surface area contributed by atoms with Gasteiger partial charge in [-0.15, -0.1) is 0 Å². The molecule has 1 fully saturated rings. The number of H-pyrrole nitrogens is 1. The van der Waals surface area contributed by atoms with E-state index in [0.29, 0.717) is 27.0 Å². The summed E-state index contributed by atoms with van der Waals surface area (Å²) >= 11 is 5.66. The lowest BCUT2D eigenvalue weighted by Crippen LogP contribution is -2.32. The molecule has 0 bridgehead atoms. The fourth-order valence-electron chi connectivity index (χ4n) is 4.89. The van der Waals surface area contributed by atoms with Crippen molar-refractivity contribution in [1.29, 1.82) is 0 Å². The number of thiazole rings is 1. The highest BCUT2D eigenvalue weighted by Gasteiger charge is 2.56. The Morgan fingerprint density at radius 1 is 0.974 bits per heavy atom. The second-order valence-corrected chi connectivity index (χ2v) is 12.1. The van der Waals surface area contributed by atoms with Crippen LogP contribution in [0.5, 0.6) is 5.75 Å². The van der Waals surface area contributed by atoms with Crippen molar-refractivity contribution in [1.82, 2.24) is 4.98 Å². The van der Waals surface area contributed by atoms with Gasteiger partial charge >= 0.3 is 4.87 Å². The Morgan fingerprint density at radius 3 is 2.51 bits per heavy atom. The second-order valence-electron chi connectivity index (χ2n) is 9.01. The molecule has 2 aliphatic rings. The molecule has 3 heterocycles. The highest BCUT2D eigenvalue weighted by Crippen LogP contribution is 2.53. The average molecular weight is 623 g/mol. The summed E-state index contributed by atoms with van der Waals surface area (Å²) in [6.45, 7) is -0.206. The van der Waals surface area contributed by atoms with Crippen molar-refractivity contribution in [2.45, 2.75) is 16.2 Å². The number of para-hydroxylation sites is 1. The normalized spacial score (nSPS) is 19.9. The number of aromatic amines is 1. The van der Waals surface area contributed by atoms with E-state index < -0.39 is 17.1 Å². The summed E-state index contributed by atoms with van der Waals surface area (Å²) in [4.78, 5) is 56.6. The zero-order valence-corrected chi connectivity index (χ0v) is 23.3. The van der Waals surface area contributed by atoms with E-state index in [1.165, 1.54) is 16.7 Å². The number of nitrogens with zero attached hydrogens (tertiary/aromatic N) is 1. The number of nitrogens with one attached hydrogen (secondary N) is 2. The topological polar surface area (TPSA) is 109 Å². The number of hydrogen-bond donors (Lipinski definition) is 2. The van der Waals surface area contributed by atoms with E-state index in [-0.39, 0.29) is 29.2 Å². The average Bonchev–Trinajstić information content (AvgIpc) is 3.43. The van der Waals surface area contributed by atoms with Gasteiger partial charge in [-0.1, -0.05) is 69.4 Å². The molecule has 2 N–H and O–H groups in total. The van der Waals surface area contributed by atoms with Crippen molar-refractivity contribution in [2.75, 3.05) is 16.8 Å². The van der Waals surface area contributed by atoms with Gasteiger partial charge in [-0.05, 0) is 54.1 Å². The van der Waals surface area contributed by atoms with Gasteiger partial charge in [0.25, 0.3) is 5.91 Å². The smallest absolute Gasteiger partial charge is 0.305 e. The van der Waals surface area contributed by atoms with Gasteiger partial charge < -0.3 is 15.0 Å². The Bertz CT molecular complexity index is 1640. The number of hydrogen-bond acceptors (Lipinski definition) is 7. The van der Waals surface area contributed by atoms with E-state index in [1.807, 2.05) is 24.3 Å². The number of fused-ring (bicyclic) bond motifs is 2. The van der Waals surface area contributed by atoms with Gasteiger partial charge in [-0.25, -0.2) is 4.90 Å². The SMILES string of the molecule is O=C(COc1cccc(C2c3sc(=O)[nH]c3SC3C(=O)N(c4ccc(Br)cc4)C(=O)C32)c1)Nc1ccccc1. The highest BCUT2D eigenvalue weighted by molar-refractivity contribution is 9.10. The molecule has 3 atom stereocenters. The van der Waals surface area contributed by atoms with Gasteiger partial charge in [0.15, 0.2) is 6.61 Å². The van der Waals surface area contributed by atoms with Crippen molar-refractivity contribution in [3.63, 3.8) is 0 Å². The van der Waals surface area contributed by atoms with Crippen LogP contribution in [0.15, 0.2) is 93.2 Å². The van der Waals surface area contributed by atoms with Crippen LogP contribution in [-0.4, -0.2) is 34.6 Å². The first-order chi connectivity index (χ1) is 18.9. The van der Waals surface area contributed by atoms with Crippen molar-refractivity contribution >= 4 is 68.1 Å². The Hall–Kier alpha value is -3.67. The van der Waals surface area contributed by atoms with Crippen LogP contribution in [0.1, 0.15) is 16.4 Å². The molecule has 6 rings (SSSR count). The van der Waals surface area contributed by atoms with Crippen molar-refractivity contribution in [3.8, 4) is 5.75 Å². The molecule has 1 saturated heterocycles. The number of aromatic nitrogens is 1. The lowest BCUT2D eigenvalue weighted by Gasteiger charge is -2.30. The molecule has 3 unspecified atom stereocenters. The number of carbonyl (C=O) groups excluding carboxylic acids is 3. The van der Waals surface area contributed by atoms with Crippen molar-refractivity contribution in [3.05, 3.63) is 103 Å². The van der Waals surface area contributed by atoms with Crippen LogP contribution in [0.2, 0.25) is 0 Å². The Balaban J connectivity index is 1.30. The first-order valence-corrected chi connectivity index (χ1v) is 14.5. The van der Waals surface area contributed by atoms with Gasteiger partial charge in [0.1, 0.15) is 11.0 Å². The van der Waals surface area contributed by atoms with Crippen LogP contribution < -0.4 is 19.8 Å². The number of benzene rings is 3. The molecule has 3 aromatic carbocycles. The van der Waals surface area contributed by atoms with Crippen LogP contribution >= 0.6 is 39.0 Å². The van der Waals surface area contributed by atoms with Crippen LogP contribution in [0.25, 0.3) is 0 Å². The number of carbonyl (C=O) groups is 3. The molecule has 2 aliphatic heterocycles.